The van der Waals surface area contributed by atoms with Crippen molar-refractivity contribution in [1.82, 2.24) is 15.7 Å². The number of aromatic nitrogens is 1. The Labute approximate surface area is 94.3 Å². The van der Waals surface area contributed by atoms with E-state index in [1.807, 2.05) is 5.43 Å². The zero-order valence-corrected chi connectivity index (χ0v) is 9.34. The van der Waals surface area contributed by atoms with Crippen molar-refractivity contribution in [2.24, 2.45) is 4.99 Å². The lowest BCUT2D eigenvalue weighted by Crippen LogP contribution is -2.40. The van der Waals surface area contributed by atoms with Gasteiger partial charge in [0.2, 0.25) is 0 Å². The molecular formula is C6H9ClN5O2S+. The Kier molecular flexibility index (Phi) is 4.25. The van der Waals surface area contributed by atoms with E-state index in [-0.39, 0.29) is 5.96 Å². The van der Waals surface area contributed by atoms with Crippen molar-refractivity contribution in [2.75, 3.05) is 7.05 Å². The maximum absolute atomic E-state index is 10.2. The second-order valence-electron chi connectivity index (χ2n) is 2.39. The SMILES string of the molecule is CN=C(NCc1cnc(Cl)s1)N[N+](=O)O. The van der Waals surface area contributed by atoms with Crippen LogP contribution in [0.5, 0.6) is 0 Å². The van der Waals surface area contributed by atoms with Gasteiger partial charge in [-0.15, -0.1) is 11.3 Å². The first-order chi connectivity index (χ1) is 7.11. The van der Waals surface area contributed by atoms with E-state index < -0.39 is 5.03 Å². The second kappa shape index (κ2) is 5.47. The molecule has 82 valence electrons. The number of nitrogens with zero attached hydrogens (tertiary/aromatic N) is 3. The number of hydrazine groups is 1. The lowest BCUT2D eigenvalue weighted by Gasteiger charge is -2.01. The predicted octanol–water partition coefficient (Wildman–Crippen LogP) is 0.545. The molecule has 3 N–H and O–H groups in total. The highest BCUT2D eigenvalue weighted by Gasteiger charge is 2.08. The average molecular weight is 251 g/mol. The van der Waals surface area contributed by atoms with Crippen LogP contribution in [-0.2, 0) is 6.54 Å². The Balaban J connectivity index is 2.45. The van der Waals surface area contributed by atoms with Crippen molar-refractivity contribution in [3.8, 4) is 0 Å². The molecule has 0 aliphatic heterocycles. The molecule has 0 aliphatic carbocycles. The summed E-state index contributed by atoms with van der Waals surface area (Å²) in [5, 5.41) is 10.7. The largest absolute Gasteiger partial charge is 0.362 e. The van der Waals surface area contributed by atoms with E-state index in [9.17, 15) is 4.91 Å². The van der Waals surface area contributed by atoms with Crippen LogP contribution in [-0.4, -0.2) is 28.2 Å². The van der Waals surface area contributed by atoms with Crippen LogP contribution < -0.4 is 10.7 Å². The summed E-state index contributed by atoms with van der Waals surface area (Å²) in [4.78, 5) is 18.7. The monoisotopic (exact) mass is 250 g/mol. The van der Waals surface area contributed by atoms with Gasteiger partial charge in [0, 0.05) is 18.1 Å². The molecule has 1 aromatic heterocycles. The minimum atomic E-state index is -0.436. The van der Waals surface area contributed by atoms with E-state index in [0.29, 0.717) is 11.0 Å². The van der Waals surface area contributed by atoms with E-state index in [1.54, 1.807) is 6.20 Å². The summed E-state index contributed by atoms with van der Waals surface area (Å²) < 4.78 is 0.447. The Morgan fingerprint density at radius 2 is 2.60 bits per heavy atom. The standard InChI is InChI=1S/C6H9ClN5O2S/c1-8-6(11-12(13)14)10-3-4-2-9-5(7)15-4/h2H,3H2,1H3,(H,13,14)(H2,8,10,11)/q+1. The maximum atomic E-state index is 10.2. The van der Waals surface area contributed by atoms with Gasteiger partial charge >= 0.3 is 5.03 Å². The molecule has 0 saturated heterocycles. The third-order valence-electron chi connectivity index (χ3n) is 1.38. The molecule has 7 nitrogen and oxygen atoms in total. The molecule has 15 heavy (non-hydrogen) atoms. The number of nitrogens with one attached hydrogen (secondary N) is 2. The molecule has 0 radical (unpaired) electrons. The number of aliphatic imine (C=N–C) groups is 1. The Morgan fingerprint density at radius 3 is 3.07 bits per heavy atom. The Morgan fingerprint density at radius 1 is 1.87 bits per heavy atom. The number of rotatable bonds is 3. The van der Waals surface area contributed by atoms with E-state index >= 15 is 0 Å². The molecule has 0 bridgehead atoms. The van der Waals surface area contributed by atoms with Crippen LogP contribution in [0.3, 0.4) is 0 Å². The van der Waals surface area contributed by atoms with Gasteiger partial charge in [-0.1, -0.05) is 11.6 Å². The molecule has 1 aromatic rings. The summed E-state index contributed by atoms with van der Waals surface area (Å²) >= 11 is 6.94. The molecule has 0 saturated carbocycles. The van der Waals surface area contributed by atoms with Gasteiger partial charge in [-0.05, 0) is 5.43 Å². The van der Waals surface area contributed by atoms with Crippen LogP contribution >= 0.6 is 22.9 Å². The van der Waals surface area contributed by atoms with Crippen LogP contribution in [0.2, 0.25) is 4.47 Å². The number of halogens is 1. The first-order valence-corrected chi connectivity index (χ1v) is 5.05. The van der Waals surface area contributed by atoms with Gasteiger partial charge in [0.15, 0.2) is 4.47 Å². The summed E-state index contributed by atoms with van der Waals surface area (Å²) in [5.74, 6) is 0.150. The highest BCUT2D eigenvalue weighted by Crippen LogP contribution is 2.16. The first-order valence-electron chi connectivity index (χ1n) is 3.85. The Bertz CT molecular complexity index is 379. The highest BCUT2D eigenvalue weighted by molar-refractivity contribution is 7.15. The number of hydrogen-bond donors (Lipinski definition) is 3. The fourth-order valence-corrected chi connectivity index (χ4v) is 1.71. The summed E-state index contributed by atoms with van der Waals surface area (Å²) in [6.45, 7) is 0.415. The first kappa shape index (κ1) is 11.7. The lowest BCUT2D eigenvalue weighted by atomic mass is 10.5. The minimum Gasteiger partial charge on any atom is -0.347 e. The van der Waals surface area contributed by atoms with Crippen molar-refractivity contribution in [2.45, 2.75) is 6.54 Å². The van der Waals surface area contributed by atoms with E-state index in [2.05, 4.69) is 15.3 Å². The molecule has 1 heterocycles. The summed E-state index contributed by atoms with van der Waals surface area (Å²) in [5.41, 5.74) is 2.03. The topological polar surface area (TPSA) is 89.6 Å². The molecule has 1 rings (SSSR count). The van der Waals surface area contributed by atoms with E-state index in [0.717, 1.165) is 4.88 Å². The van der Waals surface area contributed by atoms with Crippen LogP contribution in [0, 0.1) is 4.91 Å². The van der Waals surface area contributed by atoms with Crippen molar-refractivity contribution < 1.29 is 10.2 Å². The zero-order valence-electron chi connectivity index (χ0n) is 7.77. The lowest BCUT2D eigenvalue weighted by molar-refractivity contribution is -0.822. The molecule has 0 atom stereocenters. The molecule has 0 amide bonds. The van der Waals surface area contributed by atoms with Gasteiger partial charge < -0.3 is 5.32 Å². The van der Waals surface area contributed by atoms with Gasteiger partial charge in [-0.3, -0.25) is 4.99 Å². The molecular weight excluding hydrogens is 242 g/mol. The molecule has 0 spiro atoms. The predicted molar refractivity (Wildman–Crippen MR) is 55.9 cm³/mol. The average Bonchev–Trinajstić information content (AvgIpc) is 2.58. The van der Waals surface area contributed by atoms with Crippen LogP contribution in [0.15, 0.2) is 11.2 Å². The minimum absolute atomic E-state index is 0.150. The van der Waals surface area contributed by atoms with Gasteiger partial charge in [-0.25, -0.2) is 10.2 Å². The van der Waals surface area contributed by atoms with Gasteiger partial charge in [0.25, 0.3) is 5.96 Å². The van der Waals surface area contributed by atoms with E-state index in [4.69, 9.17) is 16.8 Å². The smallest absolute Gasteiger partial charge is 0.347 e. The quantitative estimate of drug-likeness (QED) is 0.414. The molecule has 9 heteroatoms. The van der Waals surface area contributed by atoms with Gasteiger partial charge in [0.05, 0.1) is 6.54 Å². The van der Waals surface area contributed by atoms with Crippen molar-refractivity contribution in [1.29, 1.82) is 0 Å². The molecule has 0 aliphatic rings. The van der Waals surface area contributed by atoms with Gasteiger partial charge in [-0.2, -0.15) is 0 Å². The fraction of sp³-hybridized carbons (Fsp3) is 0.333. The fourth-order valence-electron chi connectivity index (χ4n) is 0.795. The Hall–Kier alpha value is -1.41. The van der Waals surface area contributed by atoms with E-state index in [1.165, 1.54) is 18.4 Å². The van der Waals surface area contributed by atoms with Crippen LogP contribution in [0.1, 0.15) is 4.88 Å². The maximum Gasteiger partial charge on any atom is 0.362 e. The number of hydrogen-bond acceptors (Lipinski definition) is 4. The van der Waals surface area contributed by atoms with Crippen molar-refractivity contribution >= 4 is 28.9 Å². The zero-order chi connectivity index (χ0) is 11.3. The summed E-state index contributed by atoms with van der Waals surface area (Å²) in [6.07, 6.45) is 1.61. The van der Waals surface area contributed by atoms with Crippen molar-refractivity contribution in [3.05, 3.63) is 20.4 Å². The molecule has 0 unspecified atom stereocenters. The number of guanidine groups is 1. The normalized spacial score (nSPS) is 11.2. The van der Waals surface area contributed by atoms with Gasteiger partial charge in [0.1, 0.15) is 4.91 Å². The summed E-state index contributed by atoms with van der Waals surface area (Å²) in [7, 11) is 1.47. The van der Waals surface area contributed by atoms with Crippen LogP contribution in [0.4, 0.5) is 0 Å². The third-order valence-corrected chi connectivity index (χ3v) is 2.50. The molecule has 0 aromatic carbocycles. The second-order valence-corrected chi connectivity index (χ2v) is 4.09. The van der Waals surface area contributed by atoms with Crippen LogP contribution in [0.25, 0.3) is 0 Å². The molecule has 0 fully saturated rings. The van der Waals surface area contributed by atoms with Crippen molar-refractivity contribution in [3.63, 3.8) is 0 Å². The summed E-state index contributed by atoms with van der Waals surface area (Å²) in [6, 6.07) is 0. The third kappa shape index (κ3) is 4.09. The number of thiazole rings is 1. The highest BCUT2D eigenvalue weighted by atomic mass is 35.5.